The number of hydrogen-bond donors (Lipinski definition) is 0. The Morgan fingerprint density at radius 3 is 2.30 bits per heavy atom. The van der Waals surface area contributed by atoms with Crippen LogP contribution in [0.1, 0.15) is 0 Å². The van der Waals surface area contributed by atoms with E-state index in [1.54, 1.807) is 0 Å². The van der Waals surface area contributed by atoms with E-state index in [1.807, 2.05) is 19.6 Å². The number of hydrogen-bond acceptors (Lipinski definition) is 3. The molecule has 0 aliphatic carbocycles. The molecule has 0 radical (unpaired) electrons. The SMILES string of the molecule is C[Si](C)(C)OCC(=O)O[SiH3]. The number of carbonyl (C=O) groups is 1. The van der Waals surface area contributed by atoms with Gasteiger partial charge >= 0.3 is 5.97 Å². The lowest BCUT2D eigenvalue weighted by Gasteiger charge is -2.15. The molecule has 0 atom stereocenters. The van der Waals surface area contributed by atoms with Crippen LogP contribution in [0.25, 0.3) is 0 Å². The van der Waals surface area contributed by atoms with E-state index in [4.69, 9.17) is 4.43 Å². The van der Waals surface area contributed by atoms with Gasteiger partial charge < -0.3 is 8.85 Å². The van der Waals surface area contributed by atoms with Crippen LogP contribution in [0, 0.1) is 0 Å². The molecule has 0 amide bonds. The maximum absolute atomic E-state index is 10.6. The van der Waals surface area contributed by atoms with E-state index in [1.165, 1.54) is 0 Å². The molecule has 0 aliphatic heterocycles. The van der Waals surface area contributed by atoms with Crippen LogP contribution >= 0.6 is 0 Å². The average molecular weight is 178 g/mol. The molecule has 0 aliphatic rings. The van der Waals surface area contributed by atoms with Gasteiger partial charge in [0.2, 0.25) is 10.5 Å². The monoisotopic (exact) mass is 178 g/mol. The summed E-state index contributed by atoms with van der Waals surface area (Å²) in [6.07, 6.45) is 0. The standard InChI is InChI=1S/C5H14O3Si2/c1-10(2,3)7-4-5(6)8-9/h4H2,1-3,9H3. The maximum Gasteiger partial charge on any atom is 0.316 e. The maximum atomic E-state index is 10.6. The molecule has 0 aromatic carbocycles. The van der Waals surface area contributed by atoms with Crippen LogP contribution in [-0.4, -0.2) is 31.4 Å². The van der Waals surface area contributed by atoms with Crippen LogP contribution in [0.5, 0.6) is 0 Å². The smallest absolute Gasteiger partial charge is 0.316 e. The largest absolute Gasteiger partial charge is 0.527 e. The lowest BCUT2D eigenvalue weighted by molar-refractivity contribution is -0.136. The minimum Gasteiger partial charge on any atom is -0.527 e. The fourth-order valence-corrected chi connectivity index (χ4v) is 1.00. The summed E-state index contributed by atoms with van der Waals surface area (Å²) in [5.41, 5.74) is 0. The molecule has 60 valence electrons. The Morgan fingerprint density at radius 1 is 1.50 bits per heavy atom. The molecular formula is C5H14O3Si2. The van der Waals surface area contributed by atoms with Crippen LogP contribution in [0.15, 0.2) is 0 Å². The summed E-state index contributed by atoms with van der Waals surface area (Å²) in [5, 5.41) is 0. The van der Waals surface area contributed by atoms with Gasteiger partial charge in [-0.15, -0.1) is 0 Å². The summed E-state index contributed by atoms with van der Waals surface area (Å²) in [5.74, 6) is -0.242. The Balaban J connectivity index is 3.46. The van der Waals surface area contributed by atoms with Gasteiger partial charge in [-0.2, -0.15) is 0 Å². The van der Waals surface area contributed by atoms with Gasteiger partial charge in [-0.1, -0.05) is 0 Å². The van der Waals surface area contributed by atoms with E-state index in [-0.39, 0.29) is 12.6 Å². The van der Waals surface area contributed by atoms with Crippen molar-refractivity contribution in [1.29, 1.82) is 0 Å². The topological polar surface area (TPSA) is 35.5 Å². The lowest BCUT2D eigenvalue weighted by atomic mass is 10.8. The van der Waals surface area contributed by atoms with Crippen molar-refractivity contribution in [2.24, 2.45) is 0 Å². The summed E-state index contributed by atoms with van der Waals surface area (Å²) >= 11 is 0. The first kappa shape index (κ1) is 9.86. The van der Waals surface area contributed by atoms with Crippen molar-refractivity contribution < 1.29 is 13.6 Å². The Hall–Kier alpha value is -0.136. The number of rotatable bonds is 3. The van der Waals surface area contributed by atoms with Crippen molar-refractivity contribution in [2.45, 2.75) is 19.6 Å². The molecular weight excluding hydrogens is 164 g/mol. The third-order valence-corrected chi connectivity index (χ3v) is 2.32. The van der Waals surface area contributed by atoms with E-state index in [2.05, 4.69) is 4.43 Å². The molecule has 3 nitrogen and oxygen atoms in total. The Bertz CT molecular complexity index is 119. The Morgan fingerprint density at radius 2 is 2.00 bits per heavy atom. The third kappa shape index (κ3) is 5.99. The van der Waals surface area contributed by atoms with Crippen molar-refractivity contribution in [3.63, 3.8) is 0 Å². The van der Waals surface area contributed by atoms with Crippen molar-refractivity contribution in [3.8, 4) is 0 Å². The molecule has 0 fully saturated rings. The molecule has 0 aromatic rings. The molecule has 5 heteroatoms. The van der Waals surface area contributed by atoms with Gasteiger partial charge in [-0.3, -0.25) is 4.79 Å². The second-order valence-electron chi connectivity index (χ2n) is 2.98. The summed E-state index contributed by atoms with van der Waals surface area (Å²) in [7, 11) is -1.06. The first-order chi connectivity index (χ1) is 4.45. The zero-order chi connectivity index (χ0) is 8.20. The van der Waals surface area contributed by atoms with Crippen molar-refractivity contribution >= 4 is 24.8 Å². The summed E-state index contributed by atoms with van der Waals surface area (Å²) in [4.78, 5) is 10.6. The molecule has 0 saturated heterocycles. The van der Waals surface area contributed by atoms with Gasteiger partial charge in [0.05, 0.1) is 0 Å². The van der Waals surface area contributed by atoms with Gasteiger partial charge in [-0.25, -0.2) is 0 Å². The average Bonchev–Trinajstić information content (AvgIpc) is 1.81. The Kier molecular flexibility index (Phi) is 3.84. The fraction of sp³-hybridized carbons (Fsp3) is 0.800. The van der Waals surface area contributed by atoms with Crippen LogP contribution in [-0.2, 0) is 13.6 Å². The van der Waals surface area contributed by atoms with Crippen LogP contribution in [0.3, 0.4) is 0 Å². The highest BCUT2D eigenvalue weighted by Crippen LogP contribution is 2.01. The van der Waals surface area contributed by atoms with E-state index < -0.39 is 8.32 Å². The molecule has 0 spiro atoms. The summed E-state index contributed by atoms with van der Waals surface area (Å²) in [6.45, 7) is 6.23. The van der Waals surface area contributed by atoms with Crippen molar-refractivity contribution in [1.82, 2.24) is 0 Å². The first-order valence-electron chi connectivity index (χ1n) is 3.16. The van der Waals surface area contributed by atoms with Gasteiger partial charge in [0.25, 0.3) is 0 Å². The van der Waals surface area contributed by atoms with Crippen molar-refractivity contribution in [2.75, 3.05) is 6.61 Å². The van der Waals surface area contributed by atoms with E-state index in [0.717, 1.165) is 0 Å². The molecule has 0 rings (SSSR count). The minimum atomic E-state index is -1.52. The lowest BCUT2D eigenvalue weighted by Crippen LogP contribution is -2.29. The molecule has 0 N–H and O–H groups in total. The van der Waals surface area contributed by atoms with E-state index >= 15 is 0 Å². The van der Waals surface area contributed by atoms with Gasteiger partial charge in [-0.05, 0) is 19.6 Å². The second-order valence-corrected chi connectivity index (χ2v) is 7.90. The van der Waals surface area contributed by atoms with Crippen molar-refractivity contribution in [3.05, 3.63) is 0 Å². The third-order valence-electron chi connectivity index (χ3n) is 0.851. The zero-order valence-corrected chi connectivity index (χ0v) is 9.93. The Labute approximate surface area is 65.4 Å². The van der Waals surface area contributed by atoms with Gasteiger partial charge in [0.15, 0.2) is 8.32 Å². The normalized spacial score (nSPS) is 11.5. The molecule has 0 unspecified atom stereocenters. The predicted octanol–water partition coefficient (Wildman–Crippen LogP) is -0.339. The van der Waals surface area contributed by atoms with Crippen LogP contribution in [0.4, 0.5) is 0 Å². The van der Waals surface area contributed by atoms with Crippen LogP contribution < -0.4 is 0 Å². The highest BCUT2D eigenvalue weighted by molar-refractivity contribution is 6.69. The minimum absolute atomic E-state index is 0.124. The molecule has 0 saturated carbocycles. The molecule has 10 heavy (non-hydrogen) atoms. The highest BCUT2D eigenvalue weighted by Gasteiger charge is 2.15. The van der Waals surface area contributed by atoms with E-state index in [0.29, 0.717) is 10.5 Å². The molecule has 0 heterocycles. The van der Waals surface area contributed by atoms with Gasteiger partial charge in [0.1, 0.15) is 6.61 Å². The molecule has 0 aromatic heterocycles. The summed E-state index contributed by atoms with van der Waals surface area (Å²) in [6, 6.07) is 0. The molecule has 0 bridgehead atoms. The van der Waals surface area contributed by atoms with Crippen LogP contribution in [0.2, 0.25) is 19.6 Å². The zero-order valence-electron chi connectivity index (χ0n) is 6.93. The summed E-state index contributed by atoms with van der Waals surface area (Å²) < 4.78 is 9.81. The number of carbonyl (C=O) groups excluding carboxylic acids is 1. The van der Waals surface area contributed by atoms with Gasteiger partial charge in [0, 0.05) is 0 Å². The predicted molar refractivity (Wildman–Crippen MR) is 45.3 cm³/mol. The van der Waals surface area contributed by atoms with E-state index in [9.17, 15) is 4.79 Å². The highest BCUT2D eigenvalue weighted by atomic mass is 28.4. The quantitative estimate of drug-likeness (QED) is 0.555. The first-order valence-corrected chi connectivity index (χ1v) is 7.39. The second kappa shape index (κ2) is 3.89. The fourth-order valence-electron chi connectivity index (χ4n) is 0.334.